The van der Waals surface area contributed by atoms with E-state index in [-0.39, 0.29) is 12.4 Å². The summed E-state index contributed by atoms with van der Waals surface area (Å²) in [5, 5.41) is 3.50. The number of hydrogen-bond donors (Lipinski definition) is 1. The number of piperidine rings is 1. The molecule has 2 aromatic rings. The molecule has 7 heteroatoms. The summed E-state index contributed by atoms with van der Waals surface area (Å²) in [5.74, 6) is 1.16. The highest BCUT2D eigenvalue weighted by Crippen LogP contribution is 2.56. The van der Waals surface area contributed by atoms with E-state index in [1.165, 1.54) is 24.8 Å². The summed E-state index contributed by atoms with van der Waals surface area (Å²) in [6, 6.07) is 0.654. The maximum Gasteiger partial charge on any atom is 0.122 e. The first-order valence-electron chi connectivity index (χ1n) is 8.99. The molecule has 1 aliphatic heterocycles. The minimum atomic E-state index is 0. The zero-order valence-electron chi connectivity index (χ0n) is 14.8. The van der Waals surface area contributed by atoms with Gasteiger partial charge in [0.05, 0.1) is 6.54 Å². The molecule has 136 valence electrons. The number of imidazole rings is 1. The molecular weight excluding hydrogens is 336 g/mol. The van der Waals surface area contributed by atoms with Crippen LogP contribution in [0.15, 0.2) is 31.1 Å². The molecule has 0 bridgehead atoms. The molecular formula is C18H27ClN6. The molecule has 2 fully saturated rings. The summed E-state index contributed by atoms with van der Waals surface area (Å²) in [6.07, 6.45) is 13.4. The van der Waals surface area contributed by atoms with Gasteiger partial charge in [0.15, 0.2) is 0 Å². The van der Waals surface area contributed by atoms with Crippen molar-refractivity contribution < 1.29 is 0 Å². The van der Waals surface area contributed by atoms with E-state index in [9.17, 15) is 0 Å². The zero-order valence-corrected chi connectivity index (χ0v) is 15.6. The van der Waals surface area contributed by atoms with Gasteiger partial charge in [0.2, 0.25) is 0 Å². The normalized spacial score (nSPS) is 21.3. The summed E-state index contributed by atoms with van der Waals surface area (Å²) in [7, 11) is 0. The fraction of sp³-hybridized carbons (Fsp3) is 0.611. The van der Waals surface area contributed by atoms with Crippen LogP contribution in [0.25, 0.3) is 0 Å². The number of aromatic nitrogens is 4. The highest BCUT2D eigenvalue weighted by Gasteiger charge is 2.56. The van der Waals surface area contributed by atoms with Crippen LogP contribution in [0.1, 0.15) is 37.6 Å². The molecule has 3 heterocycles. The quantitative estimate of drug-likeness (QED) is 0.854. The van der Waals surface area contributed by atoms with E-state index in [2.05, 4.69) is 42.9 Å². The van der Waals surface area contributed by atoms with Gasteiger partial charge in [-0.15, -0.1) is 12.4 Å². The lowest BCUT2D eigenvalue weighted by Gasteiger charge is -2.29. The molecule has 1 spiro atoms. The highest BCUT2D eigenvalue weighted by molar-refractivity contribution is 5.85. The van der Waals surface area contributed by atoms with Gasteiger partial charge in [0.1, 0.15) is 12.2 Å². The molecule has 0 radical (unpaired) electrons. The molecule has 2 aliphatic rings. The van der Waals surface area contributed by atoms with Gasteiger partial charge >= 0.3 is 0 Å². The minimum Gasteiger partial charge on any atom is -0.334 e. The molecule has 4 rings (SSSR count). The Bertz CT molecular complexity index is 667. The summed E-state index contributed by atoms with van der Waals surface area (Å²) in [5.41, 5.74) is 1.70. The van der Waals surface area contributed by atoms with Gasteiger partial charge in [-0.05, 0) is 44.7 Å². The van der Waals surface area contributed by atoms with Crippen LogP contribution >= 0.6 is 12.4 Å². The largest absolute Gasteiger partial charge is 0.334 e. The molecule has 2 aromatic heterocycles. The molecule has 1 saturated carbocycles. The number of halogens is 1. The van der Waals surface area contributed by atoms with Crippen LogP contribution in [0.4, 0.5) is 0 Å². The third-order valence-electron chi connectivity index (χ3n) is 5.67. The Hall–Kier alpha value is -1.50. The van der Waals surface area contributed by atoms with Crippen LogP contribution in [-0.4, -0.2) is 43.6 Å². The predicted octanol–water partition coefficient (Wildman–Crippen LogP) is 2.26. The van der Waals surface area contributed by atoms with E-state index in [0.29, 0.717) is 11.5 Å². The maximum absolute atomic E-state index is 4.59. The maximum atomic E-state index is 4.59. The van der Waals surface area contributed by atoms with Crippen molar-refractivity contribution in [2.24, 2.45) is 5.41 Å². The highest BCUT2D eigenvalue weighted by atomic mass is 35.5. The number of nitrogens with zero attached hydrogens (tertiary/aromatic N) is 5. The van der Waals surface area contributed by atoms with Crippen molar-refractivity contribution in [3.63, 3.8) is 0 Å². The molecule has 1 aliphatic carbocycles. The van der Waals surface area contributed by atoms with Crippen LogP contribution in [0.3, 0.4) is 0 Å². The van der Waals surface area contributed by atoms with Crippen LogP contribution in [-0.2, 0) is 19.6 Å². The number of hydrogen-bond acceptors (Lipinski definition) is 5. The second-order valence-electron chi connectivity index (χ2n) is 7.11. The third-order valence-corrected chi connectivity index (χ3v) is 5.67. The van der Waals surface area contributed by atoms with Crippen LogP contribution in [0, 0.1) is 5.41 Å². The van der Waals surface area contributed by atoms with Gasteiger partial charge in [-0.3, -0.25) is 4.90 Å². The standard InChI is InChI=1S/C18H26N6.ClH/c1-2-23-8-7-22-17(23)13-24(12-15-10-20-14-21-11-15)16-9-18(16)3-5-19-6-4-18;/h7-8,10-11,14,16,19H,2-6,9,12-13H2,1H3;1H. The second-order valence-corrected chi connectivity index (χ2v) is 7.11. The van der Waals surface area contributed by atoms with E-state index in [1.54, 1.807) is 6.33 Å². The summed E-state index contributed by atoms with van der Waals surface area (Å²) in [6.45, 7) is 7.25. The number of aryl methyl sites for hydroxylation is 1. The topological polar surface area (TPSA) is 58.9 Å². The monoisotopic (exact) mass is 362 g/mol. The molecule has 0 amide bonds. The average Bonchev–Trinajstić information content (AvgIpc) is 3.11. The van der Waals surface area contributed by atoms with Crippen molar-refractivity contribution in [2.45, 2.75) is 51.9 Å². The Labute approximate surface area is 155 Å². The van der Waals surface area contributed by atoms with E-state index >= 15 is 0 Å². The number of nitrogens with one attached hydrogen (secondary N) is 1. The van der Waals surface area contributed by atoms with Gasteiger partial charge < -0.3 is 9.88 Å². The third kappa shape index (κ3) is 3.86. The Morgan fingerprint density at radius 2 is 2.00 bits per heavy atom. The molecule has 1 unspecified atom stereocenters. The first kappa shape index (κ1) is 18.3. The van der Waals surface area contributed by atoms with Crippen molar-refractivity contribution in [3.05, 3.63) is 42.5 Å². The van der Waals surface area contributed by atoms with Crippen molar-refractivity contribution in [3.8, 4) is 0 Å². The molecule has 1 N–H and O–H groups in total. The van der Waals surface area contributed by atoms with Crippen molar-refractivity contribution >= 4 is 12.4 Å². The van der Waals surface area contributed by atoms with E-state index in [0.717, 1.165) is 38.5 Å². The van der Waals surface area contributed by atoms with E-state index in [4.69, 9.17) is 0 Å². The lowest BCUT2D eigenvalue weighted by molar-refractivity contribution is 0.182. The minimum absolute atomic E-state index is 0. The smallest absolute Gasteiger partial charge is 0.122 e. The molecule has 1 atom stereocenters. The SMILES string of the molecule is CCn1ccnc1CN(Cc1cncnc1)C1CC12CCNCC2.Cl. The number of rotatable bonds is 6. The Balaban J connectivity index is 0.00000182. The summed E-state index contributed by atoms with van der Waals surface area (Å²) in [4.78, 5) is 15.6. The van der Waals surface area contributed by atoms with Gasteiger partial charge in [-0.1, -0.05) is 0 Å². The summed E-state index contributed by atoms with van der Waals surface area (Å²) >= 11 is 0. The van der Waals surface area contributed by atoms with Crippen LogP contribution in [0.2, 0.25) is 0 Å². The molecule has 25 heavy (non-hydrogen) atoms. The van der Waals surface area contributed by atoms with Gasteiger partial charge in [-0.2, -0.15) is 0 Å². The summed E-state index contributed by atoms with van der Waals surface area (Å²) < 4.78 is 2.24. The lowest BCUT2D eigenvalue weighted by Crippen LogP contribution is -2.36. The second kappa shape index (κ2) is 7.81. The van der Waals surface area contributed by atoms with E-state index < -0.39 is 0 Å². The molecule has 6 nitrogen and oxygen atoms in total. The Morgan fingerprint density at radius 1 is 1.24 bits per heavy atom. The first-order valence-corrected chi connectivity index (χ1v) is 8.99. The first-order chi connectivity index (χ1) is 11.8. The van der Waals surface area contributed by atoms with Crippen molar-refractivity contribution in [2.75, 3.05) is 13.1 Å². The van der Waals surface area contributed by atoms with Crippen LogP contribution in [0.5, 0.6) is 0 Å². The van der Waals surface area contributed by atoms with Gasteiger partial charge in [0, 0.05) is 49.5 Å². The Kier molecular flexibility index (Phi) is 5.71. The molecule has 1 saturated heterocycles. The molecule has 0 aromatic carbocycles. The van der Waals surface area contributed by atoms with Crippen molar-refractivity contribution in [1.29, 1.82) is 0 Å². The fourth-order valence-corrected chi connectivity index (χ4v) is 4.19. The average molecular weight is 363 g/mol. The van der Waals surface area contributed by atoms with Crippen LogP contribution < -0.4 is 5.32 Å². The van der Waals surface area contributed by atoms with Gasteiger partial charge in [-0.25, -0.2) is 15.0 Å². The lowest BCUT2D eigenvalue weighted by atomic mass is 9.93. The Morgan fingerprint density at radius 3 is 2.72 bits per heavy atom. The zero-order chi connectivity index (χ0) is 16.4. The fourth-order valence-electron chi connectivity index (χ4n) is 4.19. The predicted molar refractivity (Wildman–Crippen MR) is 99.4 cm³/mol. The van der Waals surface area contributed by atoms with E-state index in [1.807, 2.05) is 18.6 Å². The van der Waals surface area contributed by atoms with Gasteiger partial charge in [0.25, 0.3) is 0 Å². The van der Waals surface area contributed by atoms with Crippen molar-refractivity contribution in [1.82, 2.24) is 29.7 Å².